The molecule has 2 heterocycles. The summed E-state index contributed by atoms with van der Waals surface area (Å²) < 4.78 is 4.84. The van der Waals surface area contributed by atoms with Crippen LogP contribution in [0.3, 0.4) is 0 Å². The predicted molar refractivity (Wildman–Crippen MR) is 295 cm³/mol. The molecule has 70 heavy (non-hydrogen) atoms. The second-order valence-electron chi connectivity index (χ2n) is 17.9. The number of nitrogens with zero attached hydrogens (tertiary/aromatic N) is 4. The highest BCUT2D eigenvalue weighted by molar-refractivity contribution is 6.03. The van der Waals surface area contributed by atoms with E-state index in [0.717, 1.165) is 79.0 Å². The van der Waals surface area contributed by atoms with Crippen LogP contribution in [0.15, 0.2) is 279 Å². The van der Waals surface area contributed by atoms with Gasteiger partial charge in [-0.05, 0) is 154 Å². The number of benzene rings is 11. The van der Waals surface area contributed by atoms with Gasteiger partial charge in [-0.15, -0.1) is 0 Å². The molecule has 13 rings (SSSR count). The summed E-state index contributed by atoms with van der Waals surface area (Å²) in [5.41, 5.74) is 15.7. The first-order valence-corrected chi connectivity index (χ1v) is 23.9. The van der Waals surface area contributed by atoms with Crippen LogP contribution in [0.1, 0.15) is 0 Å². The zero-order chi connectivity index (χ0) is 46.4. The van der Waals surface area contributed by atoms with Gasteiger partial charge in [0.15, 0.2) is 0 Å². The van der Waals surface area contributed by atoms with Crippen LogP contribution in [0.5, 0.6) is 0 Å². The highest BCUT2D eigenvalue weighted by atomic mass is 15.1. The minimum Gasteiger partial charge on any atom is -0.310 e. The van der Waals surface area contributed by atoms with Crippen molar-refractivity contribution in [1.29, 1.82) is 0 Å². The molecule has 0 saturated carbocycles. The third kappa shape index (κ3) is 7.36. The van der Waals surface area contributed by atoms with Crippen LogP contribution >= 0.6 is 0 Å². The fourth-order valence-corrected chi connectivity index (χ4v) is 10.3. The van der Waals surface area contributed by atoms with E-state index in [1.165, 1.54) is 32.3 Å². The van der Waals surface area contributed by atoms with Crippen LogP contribution in [0, 0.1) is 0 Å². The molecule has 11 aromatic carbocycles. The van der Waals surface area contributed by atoms with E-state index >= 15 is 0 Å². The number of para-hydroxylation sites is 4. The summed E-state index contributed by atoms with van der Waals surface area (Å²) in [6.45, 7) is 0. The third-order valence-corrected chi connectivity index (χ3v) is 13.6. The summed E-state index contributed by atoms with van der Waals surface area (Å²) >= 11 is 0. The summed E-state index contributed by atoms with van der Waals surface area (Å²) in [5, 5.41) is 7.22. The van der Waals surface area contributed by atoms with Gasteiger partial charge in [0.1, 0.15) is 0 Å². The summed E-state index contributed by atoms with van der Waals surface area (Å²) in [4.78, 5) is 4.68. The quantitative estimate of drug-likeness (QED) is 0.136. The van der Waals surface area contributed by atoms with Crippen molar-refractivity contribution < 1.29 is 0 Å². The lowest BCUT2D eigenvalue weighted by Gasteiger charge is -2.26. The van der Waals surface area contributed by atoms with E-state index in [1.807, 2.05) is 0 Å². The minimum atomic E-state index is 1.09. The van der Waals surface area contributed by atoms with Gasteiger partial charge in [0.25, 0.3) is 0 Å². The molecular weight excluding hydrogens is 849 g/mol. The summed E-state index contributed by atoms with van der Waals surface area (Å²) in [7, 11) is 0. The van der Waals surface area contributed by atoms with Gasteiger partial charge in [0.05, 0.1) is 22.4 Å². The Balaban J connectivity index is 0.926. The smallest absolute Gasteiger partial charge is 0.0542 e. The Morgan fingerprint density at radius 1 is 0.214 bits per heavy atom. The Morgan fingerprint density at radius 3 is 0.914 bits per heavy atom. The maximum atomic E-state index is 2.42. The zero-order valence-corrected chi connectivity index (χ0v) is 38.3. The maximum absolute atomic E-state index is 2.42. The van der Waals surface area contributed by atoms with Crippen LogP contribution in [-0.4, -0.2) is 9.13 Å². The maximum Gasteiger partial charge on any atom is 0.0542 e. The van der Waals surface area contributed by atoms with Crippen LogP contribution in [0.25, 0.3) is 77.2 Å². The van der Waals surface area contributed by atoms with Gasteiger partial charge in [-0.2, -0.15) is 0 Å². The second kappa shape index (κ2) is 17.4. The van der Waals surface area contributed by atoms with Gasteiger partial charge < -0.3 is 18.9 Å². The van der Waals surface area contributed by atoms with Crippen molar-refractivity contribution in [3.63, 3.8) is 0 Å². The van der Waals surface area contributed by atoms with Crippen LogP contribution in [0.4, 0.5) is 34.1 Å². The molecule has 0 aliphatic carbocycles. The highest BCUT2D eigenvalue weighted by Gasteiger charge is 2.21. The molecule has 13 aromatic rings. The van der Waals surface area contributed by atoms with Crippen molar-refractivity contribution in [3.8, 4) is 33.9 Å². The molecule has 0 fully saturated rings. The Labute approximate surface area is 407 Å². The van der Waals surface area contributed by atoms with Crippen molar-refractivity contribution in [2.24, 2.45) is 0 Å². The van der Waals surface area contributed by atoms with Crippen molar-refractivity contribution in [1.82, 2.24) is 9.13 Å². The molecule has 4 nitrogen and oxygen atoms in total. The lowest BCUT2D eigenvalue weighted by molar-refractivity contribution is 1.13. The summed E-state index contributed by atoms with van der Waals surface area (Å²) in [6.07, 6.45) is 0. The second-order valence-corrected chi connectivity index (χ2v) is 17.9. The minimum absolute atomic E-state index is 1.09. The topological polar surface area (TPSA) is 16.3 Å². The van der Waals surface area contributed by atoms with Crippen molar-refractivity contribution in [3.05, 3.63) is 279 Å². The molecule has 0 atom stereocenters. The molecule has 0 aliphatic heterocycles. The van der Waals surface area contributed by atoms with E-state index in [4.69, 9.17) is 0 Å². The van der Waals surface area contributed by atoms with Gasteiger partial charge in [-0.1, -0.05) is 158 Å². The lowest BCUT2D eigenvalue weighted by atomic mass is 10.1. The predicted octanol–water partition coefficient (Wildman–Crippen LogP) is 18.2. The fourth-order valence-electron chi connectivity index (χ4n) is 10.3. The first kappa shape index (κ1) is 40.9. The molecule has 4 heteroatoms. The number of anilines is 6. The molecule has 0 bridgehead atoms. The van der Waals surface area contributed by atoms with Crippen molar-refractivity contribution in [2.75, 3.05) is 9.80 Å². The number of fused-ring (bicyclic) bond motifs is 4. The molecule has 2 aromatic heterocycles. The molecule has 0 saturated heterocycles. The van der Waals surface area contributed by atoms with Gasteiger partial charge in [0, 0.05) is 56.3 Å². The summed E-state index contributed by atoms with van der Waals surface area (Å²) in [6, 6.07) is 101. The normalized spacial score (nSPS) is 11.4. The standard InChI is InChI=1S/C66H46N4/c1-5-21-55(22-6-1)67(61-39-29-47-17-13-15-19-51(47)41-61)59-35-31-49(32-36-59)63-43-53-45-66-54(46-65(53)69(63)57-25-9-3-10-26-57)44-64(70(66)58-27-11-4-12-28-58)50-33-37-60(38-34-50)68(56-23-7-2-8-24-56)62-40-30-48-18-14-16-20-52(48)42-62/h1-46H. The molecule has 0 spiro atoms. The summed E-state index contributed by atoms with van der Waals surface area (Å²) in [5.74, 6) is 0. The molecule has 330 valence electrons. The molecule has 0 radical (unpaired) electrons. The van der Waals surface area contributed by atoms with E-state index in [9.17, 15) is 0 Å². The number of hydrogen-bond donors (Lipinski definition) is 0. The SMILES string of the molecule is c1ccc(N(c2ccc(-c3cc4cc5c(cc(-c6ccc(N(c7ccccc7)c7ccc8ccccc8c7)cc6)n5-c5ccccc5)cc4n3-c3ccccc3)cc2)c2ccc3ccccc3c2)cc1. The fraction of sp³-hybridized carbons (Fsp3) is 0. The van der Waals surface area contributed by atoms with Crippen molar-refractivity contribution in [2.45, 2.75) is 0 Å². The van der Waals surface area contributed by atoms with E-state index in [0.29, 0.717) is 0 Å². The average Bonchev–Trinajstić information content (AvgIpc) is 4.00. The molecular formula is C66H46N4. The number of rotatable bonds is 10. The number of hydrogen-bond acceptors (Lipinski definition) is 2. The first-order valence-electron chi connectivity index (χ1n) is 23.9. The van der Waals surface area contributed by atoms with E-state index in [2.05, 4.69) is 298 Å². The zero-order valence-electron chi connectivity index (χ0n) is 38.3. The Kier molecular flexibility index (Phi) is 10.1. The van der Waals surface area contributed by atoms with Crippen LogP contribution in [0.2, 0.25) is 0 Å². The van der Waals surface area contributed by atoms with Gasteiger partial charge >= 0.3 is 0 Å². The Hall–Kier alpha value is -9.38. The molecule has 0 unspecified atom stereocenters. The van der Waals surface area contributed by atoms with Crippen molar-refractivity contribution >= 4 is 77.5 Å². The highest BCUT2D eigenvalue weighted by Crippen LogP contribution is 2.42. The third-order valence-electron chi connectivity index (χ3n) is 13.6. The van der Waals surface area contributed by atoms with Crippen LogP contribution in [-0.2, 0) is 0 Å². The Morgan fingerprint density at radius 2 is 0.529 bits per heavy atom. The largest absolute Gasteiger partial charge is 0.310 e. The van der Waals surface area contributed by atoms with Gasteiger partial charge in [0.2, 0.25) is 0 Å². The molecule has 0 N–H and O–H groups in total. The van der Waals surface area contributed by atoms with Gasteiger partial charge in [-0.3, -0.25) is 0 Å². The van der Waals surface area contributed by atoms with E-state index < -0.39 is 0 Å². The van der Waals surface area contributed by atoms with Crippen LogP contribution < -0.4 is 9.80 Å². The van der Waals surface area contributed by atoms with E-state index in [-0.39, 0.29) is 0 Å². The average molecular weight is 895 g/mol. The van der Waals surface area contributed by atoms with E-state index in [1.54, 1.807) is 0 Å². The lowest BCUT2D eigenvalue weighted by Crippen LogP contribution is -2.09. The Bertz CT molecular complexity index is 3710. The number of aromatic nitrogens is 2. The molecule has 0 aliphatic rings. The van der Waals surface area contributed by atoms with Gasteiger partial charge in [-0.25, -0.2) is 0 Å². The monoisotopic (exact) mass is 894 g/mol. The first-order chi connectivity index (χ1) is 34.7. The molecule has 0 amide bonds.